The quantitative estimate of drug-likeness (QED) is 0.646. The van der Waals surface area contributed by atoms with Crippen LogP contribution in [0, 0.1) is 0 Å². The molecule has 1 aliphatic heterocycles. The van der Waals surface area contributed by atoms with Gasteiger partial charge in [0, 0.05) is 12.6 Å². The number of para-hydroxylation sites is 2. The van der Waals surface area contributed by atoms with Gasteiger partial charge in [-0.15, -0.1) is 0 Å². The highest BCUT2D eigenvalue weighted by Crippen LogP contribution is 2.27. The lowest BCUT2D eigenvalue weighted by Crippen LogP contribution is -2.36. The molecule has 1 atom stereocenters. The number of ether oxygens (including phenoxy) is 2. The minimum atomic E-state index is -3.76. The van der Waals surface area contributed by atoms with Crippen LogP contribution in [0.3, 0.4) is 0 Å². The van der Waals surface area contributed by atoms with Crippen LogP contribution < -0.4 is 24.8 Å². The number of rotatable bonds is 7. The fraction of sp³-hybridized carbons (Fsp3) is 0.316. The Morgan fingerprint density at radius 3 is 2.54 bits per heavy atom. The zero-order chi connectivity index (χ0) is 20.1. The van der Waals surface area contributed by atoms with Gasteiger partial charge in [0.1, 0.15) is 11.5 Å². The molecule has 0 aliphatic carbocycles. The number of hydrogen-bond donors (Lipinski definition) is 3. The molecule has 3 N–H and O–H groups in total. The van der Waals surface area contributed by atoms with Crippen LogP contribution in [0.2, 0.25) is 0 Å². The molecule has 8 nitrogen and oxygen atoms in total. The summed E-state index contributed by atoms with van der Waals surface area (Å²) in [6.07, 6.45) is 0.719. The molecule has 1 heterocycles. The Bertz CT molecular complexity index is 956. The number of anilines is 1. The maximum absolute atomic E-state index is 12.8. The Morgan fingerprint density at radius 2 is 1.86 bits per heavy atom. The van der Waals surface area contributed by atoms with Gasteiger partial charge in [-0.25, -0.2) is 13.1 Å². The summed E-state index contributed by atoms with van der Waals surface area (Å²) < 4.78 is 38.5. The van der Waals surface area contributed by atoms with Gasteiger partial charge in [0.05, 0.1) is 30.4 Å². The Kier molecular flexibility index (Phi) is 6.18. The number of benzene rings is 2. The Hall–Kier alpha value is -2.62. The molecule has 0 radical (unpaired) electrons. The van der Waals surface area contributed by atoms with E-state index in [0.717, 1.165) is 13.0 Å². The lowest BCUT2D eigenvalue weighted by atomic mass is 10.1. The third-order valence-corrected chi connectivity index (χ3v) is 5.98. The van der Waals surface area contributed by atoms with Crippen molar-refractivity contribution < 1.29 is 22.7 Å². The number of nitrogens with one attached hydrogen (secondary N) is 3. The van der Waals surface area contributed by atoms with Crippen molar-refractivity contribution in [2.45, 2.75) is 17.4 Å². The zero-order valence-electron chi connectivity index (χ0n) is 15.7. The molecule has 1 fully saturated rings. The van der Waals surface area contributed by atoms with E-state index in [4.69, 9.17) is 9.47 Å². The normalized spacial score (nSPS) is 16.6. The van der Waals surface area contributed by atoms with E-state index in [1.54, 1.807) is 24.3 Å². The maximum Gasteiger partial charge on any atom is 0.259 e. The maximum atomic E-state index is 12.8. The number of amides is 1. The van der Waals surface area contributed by atoms with Crippen molar-refractivity contribution >= 4 is 21.6 Å². The molecule has 150 valence electrons. The van der Waals surface area contributed by atoms with E-state index in [1.165, 1.54) is 32.4 Å². The summed E-state index contributed by atoms with van der Waals surface area (Å²) in [5.41, 5.74) is 0.585. The van der Waals surface area contributed by atoms with Crippen molar-refractivity contribution in [3.05, 3.63) is 48.0 Å². The monoisotopic (exact) mass is 405 g/mol. The van der Waals surface area contributed by atoms with Crippen LogP contribution in [0.4, 0.5) is 5.69 Å². The van der Waals surface area contributed by atoms with Crippen LogP contribution in [-0.2, 0) is 10.0 Å². The average Bonchev–Trinajstić information content (AvgIpc) is 3.20. The first-order valence-electron chi connectivity index (χ1n) is 8.80. The molecule has 1 aliphatic rings. The smallest absolute Gasteiger partial charge is 0.259 e. The van der Waals surface area contributed by atoms with Gasteiger partial charge in [-0.2, -0.15) is 0 Å². The van der Waals surface area contributed by atoms with Gasteiger partial charge in [-0.05, 0) is 43.3 Å². The fourth-order valence-electron chi connectivity index (χ4n) is 3.01. The van der Waals surface area contributed by atoms with Gasteiger partial charge in [0.2, 0.25) is 10.0 Å². The van der Waals surface area contributed by atoms with E-state index in [-0.39, 0.29) is 22.3 Å². The number of carbonyl (C=O) groups is 1. The number of hydrogen-bond acceptors (Lipinski definition) is 6. The lowest BCUT2D eigenvalue weighted by Gasteiger charge is -2.15. The van der Waals surface area contributed by atoms with Crippen molar-refractivity contribution in [3.8, 4) is 11.5 Å². The van der Waals surface area contributed by atoms with Gasteiger partial charge in [0.25, 0.3) is 5.91 Å². The standard InChI is InChI=1S/C19H23N3O5S/c1-26-17-8-7-14(28(24,25)22-13-9-10-20-12-13)11-15(17)19(23)21-16-5-3-4-6-18(16)27-2/h3-8,11,13,20,22H,9-10,12H2,1-2H3,(H,21,23). The van der Waals surface area contributed by atoms with Crippen molar-refractivity contribution in [1.29, 1.82) is 0 Å². The summed E-state index contributed by atoms with van der Waals surface area (Å²) >= 11 is 0. The third-order valence-electron chi connectivity index (χ3n) is 4.46. The minimum Gasteiger partial charge on any atom is -0.496 e. The van der Waals surface area contributed by atoms with Crippen molar-refractivity contribution in [3.63, 3.8) is 0 Å². The molecule has 9 heteroatoms. The molecule has 1 amide bonds. The molecule has 0 aromatic heterocycles. The van der Waals surface area contributed by atoms with Gasteiger partial charge in [-0.3, -0.25) is 4.79 Å². The second-order valence-corrected chi connectivity index (χ2v) is 8.04. The summed E-state index contributed by atoms with van der Waals surface area (Å²) in [7, 11) is -0.836. The van der Waals surface area contributed by atoms with Gasteiger partial charge in [-0.1, -0.05) is 12.1 Å². The van der Waals surface area contributed by atoms with Crippen LogP contribution in [-0.4, -0.2) is 47.7 Å². The molecular formula is C19H23N3O5S. The molecular weight excluding hydrogens is 382 g/mol. The molecule has 0 bridgehead atoms. The van der Waals surface area contributed by atoms with E-state index < -0.39 is 15.9 Å². The third kappa shape index (κ3) is 4.44. The first-order valence-corrected chi connectivity index (χ1v) is 10.3. The molecule has 0 saturated carbocycles. The molecule has 2 aromatic rings. The summed E-state index contributed by atoms with van der Waals surface area (Å²) in [6, 6.07) is 11.0. The molecule has 1 saturated heterocycles. The Morgan fingerprint density at radius 1 is 1.11 bits per heavy atom. The van der Waals surface area contributed by atoms with Gasteiger partial charge in [0.15, 0.2) is 0 Å². The SMILES string of the molecule is COc1ccccc1NC(=O)c1cc(S(=O)(=O)NC2CCNC2)ccc1OC. The minimum absolute atomic E-state index is 0.00498. The van der Waals surface area contributed by atoms with E-state index in [1.807, 2.05) is 0 Å². The molecule has 1 unspecified atom stereocenters. The molecule has 3 rings (SSSR count). The Labute approximate surface area is 164 Å². The predicted molar refractivity (Wildman–Crippen MR) is 106 cm³/mol. The topological polar surface area (TPSA) is 106 Å². The Balaban J connectivity index is 1.89. The van der Waals surface area contributed by atoms with Crippen LogP contribution in [0.1, 0.15) is 16.8 Å². The average molecular weight is 405 g/mol. The van der Waals surface area contributed by atoms with Gasteiger partial charge >= 0.3 is 0 Å². The van der Waals surface area contributed by atoms with E-state index >= 15 is 0 Å². The fourth-order valence-corrected chi connectivity index (χ4v) is 4.31. The van der Waals surface area contributed by atoms with Crippen LogP contribution in [0.5, 0.6) is 11.5 Å². The number of sulfonamides is 1. The van der Waals surface area contributed by atoms with Crippen molar-refractivity contribution in [2.24, 2.45) is 0 Å². The van der Waals surface area contributed by atoms with Crippen molar-refractivity contribution in [1.82, 2.24) is 10.0 Å². The summed E-state index contributed by atoms with van der Waals surface area (Å²) in [5.74, 6) is 0.267. The number of methoxy groups -OCH3 is 2. The second-order valence-electron chi connectivity index (χ2n) is 6.33. The summed E-state index contributed by atoms with van der Waals surface area (Å²) in [4.78, 5) is 12.8. The second kappa shape index (κ2) is 8.59. The van der Waals surface area contributed by atoms with Crippen LogP contribution in [0.25, 0.3) is 0 Å². The number of carbonyl (C=O) groups excluding carboxylic acids is 1. The zero-order valence-corrected chi connectivity index (χ0v) is 16.5. The van der Waals surface area contributed by atoms with Crippen molar-refractivity contribution in [2.75, 3.05) is 32.6 Å². The largest absolute Gasteiger partial charge is 0.496 e. The summed E-state index contributed by atoms with van der Waals surface area (Å²) in [6.45, 7) is 1.35. The summed E-state index contributed by atoms with van der Waals surface area (Å²) in [5, 5.41) is 5.84. The first kappa shape index (κ1) is 20.1. The highest BCUT2D eigenvalue weighted by Gasteiger charge is 2.25. The van der Waals surface area contributed by atoms with Crippen LogP contribution in [0.15, 0.2) is 47.4 Å². The van der Waals surface area contributed by atoms with Gasteiger partial charge < -0.3 is 20.1 Å². The van der Waals surface area contributed by atoms with E-state index in [2.05, 4.69) is 15.4 Å². The van der Waals surface area contributed by atoms with E-state index in [9.17, 15) is 13.2 Å². The predicted octanol–water partition coefficient (Wildman–Crippen LogP) is 1.60. The van der Waals surface area contributed by atoms with Crippen LogP contribution >= 0.6 is 0 Å². The molecule has 2 aromatic carbocycles. The lowest BCUT2D eigenvalue weighted by molar-refractivity contribution is 0.102. The molecule has 28 heavy (non-hydrogen) atoms. The highest BCUT2D eigenvalue weighted by molar-refractivity contribution is 7.89. The first-order chi connectivity index (χ1) is 13.4. The molecule has 0 spiro atoms. The van der Waals surface area contributed by atoms with E-state index in [0.29, 0.717) is 18.0 Å². The highest BCUT2D eigenvalue weighted by atomic mass is 32.2.